The maximum absolute atomic E-state index is 12.2. The molecule has 23 heavy (non-hydrogen) atoms. The predicted octanol–water partition coefficient (Wildman–Crippen LogP) is 3.63. The fourth-order valence-electron chi connectivity index (χ4n) is 2.89. The number of carbonyl (C=O) groups is 1. The van der Waals surface area contributed by atoms with Crippen molar-refractivity contribution in [3.05, 3.63) is 41.1 Å². The number of ketones is 1. The minimum Gasteiger partial charge on any atom is -0.294 e. The number of hydrogen-bond acceptors (Lipinski definition) is 6. The van der Waals surface area contributed by atoms with E-state index in [-0.39, 0.29) is 11.2 Å². The number of fused-ring (bicyclic) bond motifs is 2. The standard InChI is InChI=1S/C16H16N4OS2/c1-16(2)3-12-11(13(21)4-16)5-18-15(19-12)23-8-10-7-22-14-6-17-9-20(10)14/h5-7,9H,3-4,8H2,1-2H3. The summed E-state index contributed by atoms with van der Waals surface area (Å²) in [6, 6.07) is 0. The molecule has 3 heterocycles. The Bertz CT molecular complexity index is 897. The van der Waals surface area contributed by atoms with E-state index in [1.165, 1.54) is 5.69 Å². The quantitative estimate of drug-likeness (QED) is 0.536. The van der Waals surface area contributed by atoms with E-state index in [1.54, 1.807) is 29.3 Å². The van der Waals surface area contributed by atoms with Crippen molar-refractivity contribution < 1.29 is 4.79 Å². The molecule has 0 fully saturated rings. The normalized spacial score (nSPS) is 16.7. The van der Waals surface area contributed by atoms with E-state index < -0.39 is 0 Å². The first kappa shape index (κ1) is 14.8. The van der Waals surface area contributed by atoms with Gasteiger partial charge in [0.25, 0.3) is 0 Å². The Morgan fingerprint density at radius 2 is 2.22 bits per heavy atom. The van der Waals surface area contributed by atoms with Crippen LogP contribution >= 0.6 is 23.1 Å². The van der Waals surface area contributed by atoms with Crippen LogP contribution in [0, 0.1) is 5.41 Å². The van der Waals surface area contributed by atoms with Crippen LogP contribution in [0.25, 0.3) is 4.83 Å². The molecule has 0 spiro atoms. The first-order valence-corrected chi connectivity index (χ1v) is 9.29. The number of aromatic nitrogens is 4. The van der Waals surface area contributed by atoms with Gasteiger partial charge in [-0.3, -0.25) is 9.20 Å². The molecule has 7 heteroatoms. The summed E-state index contributed by atoms with van der Waals surface area (Å²) < 4.78 is 2.09. The third-order valence-electron chi connectivity index (χ3n) is 4.01. The fraction of sp³-hybridized carbons (Fsp3) is 0.375. The lowest BCUT2D eigenvalue weighted by Crippen LogP contribution is -2.28. The highest BCUT2D eigenvalue weighted by molar-refractivity contribution is 7.98. The van der Waals surface area contributed by atoms with Gasteiger partial charge in [-0.05, 0) is 11.8 Å². The number of thiazole rings is 1. The average molecular weight is 344 g/mol. The molecule has 3 aromatic heterocycles. The van der Waals surface area contributed by atoms with E-state index >= 15 is 0 Å². The Morgan fingerprint density at radius 1 is 1.35 bits per heavy atom. The van der Waals surface area contributed by atoms with Gasteiger partial charge in [0.15, 0.2) is 10.9 Å². The molecule has 0 aliphatic heterocycles. The van der Waals surface area contributed by atoms with E-state index in [2.05, 4.69) is 38.6 Å². The molecule has 4 rings (SSSR count). The maximum Gasteiger partial charge on any atom is 0.188 e. The minimum absolute atomic E-state index is 0.0172. The van der Waals surface area contributed by atoms with Crippen LogP contribution in [0.15, 0.2) is 29.3 Å². The van der Waals surface area contributed by atoms with Gasteiger partial charge in [-0.1, -0.05) is 25.6 Å². The molecule has 5 nitrogen and oxygen atoms in total. The first-order valence-electron chi connectivity index (χ1n) is 7.42. The largest absolute Gasteiger partial charge is 0.294 e. The van der Waals surface area contributed by atoms with Gasteiger partial charge in [-0.2, -0.15) is 0 Å². The molecule has 3 aromatic rings. The third kappa shape index (κ3) is 2.79. The molecule has 0 N–H and O–H groups in total. The molecule has 0 aromatic carbocycles. The van der Waals surface area contributed by atoms with Crippen LogP contribution in [0.3, 0.4) is 0 Å². The SMILES string of the molecule is CC1(C)CC(=O)c2cnc(SCc3csc4cncn34)nc2C1. The molecule has 0 unspecified atom stereocenters. The molecular formula is C16H16N4OS2. The van der Waals surface area contributed by atoms with Gasteiger partial charge in [0.2, 0.25) is 0 Å². The van der Waals surface area contributed by atoms with Gasteiger partial charge >= 0.3 is 0 Å². The smallest absolute Gasteiger partial charge is 0.188 e. The van der Waals surface area contributed by atoms with E-state index in [4.69, 9.17) is 0 Å². The monoisotopic (exact) mass is 344 g/mol. The first-order chi connectivity index (χ1) is 11.0. The van der Waals surface area contributed by atoms with Gasteiger partial charge in [-0.15, -0.1) is 11.3 Å². The van der Waals surface area contributed by atoms with Gasteiger partial charge in [-0.25, -0.2) is 15.0 Å². The summed E-state index contributed by atoms with van der Waals surface area (Å²) in [6.07, 6.45) is 6.79. The van der Waals surface area contributed by atoms with E-state index in [9.17, 15) is 4.79 Å². The highest BCUT2D eigenvalue weighted by Gasteiger charge is 2.32. The Kier molecular flexibility index (Phi) is 3.50. The number of imidazole rings is 1. The number of thioether (sulfide) groups is 1. The van der Waals surface area contributed by atoms with Crippen molar-refractivity contribution in [2.75, 3.05) is 0 Å². The molecule has 1 aliphatic carbocycles. The molecule has 0 saturated carbocycles. The van der Waals surface area contributed by atoms with Gasteiger partial charge in [0.05, 0.1) is 17.5 Å². The molecule has 0 bridgehead atoms. The van der Waals surface area contributed by atoms with Crippen LogP contribution < -0.4 is 0 Å². The second-order valence-corrected chi connectivity index (χ2v) is 8.40. The zero-order chi connectivity index (χ0) is 16.0. The van der Waals surface area contributed by atoms with Crippen molar-refractivity contribution in [1.29, 1.82) is 0 Å². The molecule has 0 saturated heterocycles. The lowest BCUT2D eigenvalue weighted by molar-refractivity contribution is 0.0909. The van der Waals surface area contributed by atoms with Crippen molar-refractivity contribution in [1.82, 2.24) is 19.4 Å². The molecule has 118 valence electrons. The topological polar surface area (TPSA) is 60.2 Å². The zero-order valence-electron chi connectivity index (χ0n) is 12.9. The lowest BCUT2D eigenvalue weighted by atomic mass is 9.76. The Morgan fingerprint density at radius 3 is 3.09 bits per heavy atom. The van der Waals surface area contributed by atoms with Crippen molar-refractivity contribution in [2.45, 2.75) is 37.6 Å². The van der Waals surface area contributed by atoms with Crippen LogP contribution in [0.5, 0.6) is 0 Å². The van der Waals surface area contributed by atoms with Gasteiger partial charge < -0.3 is 0 Å². The second-order valence-electron chi connectivity index (χ2n) is 6.57. The Labute approximate surface area is 142 Å². The number of hydrogen-bond donors (Lipinski definition) is 0. The highest BCUT2D eigenvalue weighted by Crippen LogP contribution is 2.34. The van der Waals surface area contributed by atoms with Crippen molar-refractivity contribution >= 4 is 33.7 Å². The molecule has 0 radical (unpaired) electrons. The second kappa shape index (κ2) is 5.42. The van der Waals surface area contributed by atoms with Gasteiger partial charge in [0.1, 0.15) is 11.2 Å². The van der Waals surface area contributed by atoms with E-state index in [0.717, 1.165) is 27.9 Å². The highest BCUT2D eigenvalue weighted by atomic mass is 32.2. The predicted molar refractivity (Wildman–Crippen MR) is 91.1 cm³/mol. The Balaban J connectivity index is 1.56. The lowest BCUT2D eigenvalue weighted by Gasteiger charge is -2.29. The molecule has 0 amide bonds. The number of rotatable bonds is 3. The third-order valence-corrected chi connectivity index (χ3v) is 5.84. The van der Waals surface area contributed by atoms with Crippen LogP contribution in [-0.4, -0.2) is 25.1 Å². The number of Topliss-reactive ketones (excluding diaryl/α,β-unsaturated/α-hetero) is 1. The van der Waals surface area contributed by atoms with Crippen LogP contribution in [0.4, 0.5) is 0 Å². The minimum atomic E-state index is -0.0172. The van der Waals surface area contributed by atoms with Crippen LogP contribution in [0.1, 0.15) is 42.0 Å². The van der Waals surface area contributed by atoms with Crippen molar-refractivity contribution in [2.24, 2.45) is 5.41 Å². The van der Waals surface area contributed by atoms with Crippen molar-refractivity contribution in [3.8, 4) is 0 Å². The molecule has 1 aliphatic rings. The zero-order valence-corrected chi connectivity index (χ0v) is 14.6. The number of carbonyl (C=O) groups excluding carboxylic acids is 1. The van der Waals surface area contributed by atoms with Gasteiger partial charge in [0, 0.05) is 29.4 Å². The van der Waals surface area contributed by atoms with E-state index in [0.29, 0.717) is 12.0 Å². The summed E-state index contributed by atoms with van der Waals surface area (Å²) >= 11 is 3.28. The maximum atomic E-state index is 12.2. The molecular weight excluding hydrogens is 328 g/mol. The van der Waals surface area contributed by atoms with Crippen LogP contribution in [-0.2, 0) is 12.2 Å². The summed E-state index contributed by atoms with van der Waals surface area (Å²) in [5.74, 6) is 0.942. The molecule has 0 atom stereocenters. The average Bonchev–Trinajstić information content (AvgIpc) is 3.06. The summed E-state index contributed by atoms with van der Waals surface area (Å²) in [4.78, 5) is 26.5. The Hall–Kier alpha value is -1.73. The summed E-state index contributed by atoms with van der Waals surface area (Å²) in [5, 5.41) is 2.86. The van der Waals surface area contributed by atoms with Crippen molar-refractivity contribution in [3.63, 3.8) is 0 Å². The van der Waals surface area contributed by atoms with E-state index in [1.807, 2.05) is 12.5 Å². The number of nitrogens with zero attached hydrogens (tertiary/aromatic N) is 4. The summed E-state index contributed by atoms with van der Waals surface area (Å²) in [7, 11) is 0. The fourth-order valence-corrected chi connectivity index (χ4v) is 4.65. The van der Waals surface area contributed by atoms with Crippen LogP contribution in [0.2, 0.25) is 0 Å². The summed E-state index contributed by atoms with van der Waals surface area (Å²) in [5.41, 5.74) is 2.75. The summed E-state index contributed by atoms with van der Waals surface area (Å²) in [6.45, 7) is 4.23.